The summed E-state index contributed by atoms with van der Waals surface area (Å²) in [6.45, 7) is 4.01. The van der Waals surface area contributed by atoms with Crippen molar-refractivity contribution in [1.29, 1.82) is 0 Å². The summed E-state index contributed by atoms with van der Waals surface area (Å²) in [7, 11) is 1.56. The first-order chi connectivity index (χ1) is 13.6. The lowest BCUT2D eigenvalue weighted by molar-refractivity contribution is -0.485. The lowest BCUT2D eigenvalue weighted by Gasteiger charge is -2.33. The van der Waals surface area contributed by atoms with Crippen molar-refractivity contribution >= 4 is 40.8 Å². The van der Waals surface area contributed by atoms with Gasteiger partial charge in [-0.3, -0.25) is 4.79 Å². The smallest absolute Gasteiger partial charge is 0.331 e. The number of allylic oxidation sites excluding steroid dienone is 2. The first-order valence-corrected chi connectivity index (χ1v) is 9.42. The van der Waals surface area contributed by atoms with Crippen LogP contribution in [0.1, 0.15) is 18.7 Å². The highest BCUT2D eigenvalue weighted by molar-refractivity contribution is 7.16. The van der Waals surface area contributed by atoms with Gasteiger partial charge in [-0.1, -0.05) is 36.8 Å². The SMILES string of the molecule is CC1C(C(=O)O)=CC=CC1(C(=O)O)c1cnc(Cl)s1.CCNC(=N[N+](=O)[O-])NC. The Morgan fingerprint density at radius 1 is 1.48 bits per heavy atom. The molecule has 1 aromatic rings. The minimum Gasteiger partial charge on any atom is -0.480 e. The number of hydrogen-bond donors (Lipinski definition) is 4. The molecule has 29 heavy (non-hydrogen) atoms. The molecule has 0 saturated carbocycles. The number of carbonyl (C=O) groups is 2. The molecule has 0 saturated heterocycles. The number of hydrazone groups is 1. The number of hydrogen-bond acceptors (Lipinski definition) is 6. The van der Waals surface area contributed by atoms with Crippen LogP contribution >= 0.6 is 22.9 Å². The van der Waals surface area contributed by atoms with Crippen LogP contribution in [0.25, 0.3) is 0 Å². The molecule has 158 valence electrons. The fourth-order valence-electron chi connectivity index (χ4n) is 2.62. The van der Waals surface area contributed by atoms with Crippen LogP contribution in [0.4, 0.5) is 0 Å². The van der Waals surface area contributed by atoms with E-state index < -0.39 is 28.3 Å². The van der Waals surface area contributed by atoms with E-state index >= 15 is 0 Å². The Morgan fingerprint density at radius 2 is 2.14 bits per heavy atom. The number of nitro groups is 1. The number of rotatable bonds is 5. The zero-order chi connectivity index (χ0) is 22.2. The van der Waals surface area contributed by atoms with E-state index in [1.54, 1.807) is 14.0 Å². The molecular formula is C16H20ClN5O6S. The van der Waals surface area contributed by atoms with E-state index in [0.29, 0.717) is 11.4 Å². The minimum absolute atomic E-state index is 0.0504. The van der Waals surface area contributed by atoms with Gasteiger partial charge < -0.3 is 20.8 Å². The van der Waals surface area contributed by atoms with Crippen LogP contribution < -0.4 is 10.6 Å². The van der Waals surface area contributed by atoms with Crippen LogP contribution in [0.3, 0.4) is 0 Å². The largest absolute Gasteiger partial charge is 0.480 e. The van der Waals surface area contributed by atoms with Crippen LogP contribution in [0, 0.1) is 16.0 Å². The van der Waals surface area contributed by atoms with Crippen molar-refractivity contribution in [3.63, 3.8) is 0 Å². The second-order valence-electron chi connectivity index (χ2n) is 5.63. The van der Waals surface area contributed by atoms with Crippen LogP contribution in [0.5, 0.6) is 0 Å². The van der Waals surface area contributed by atoms with Gasteiger partial charge in [0.15, 0.2) is 9.50 Å². The first-order valence-electron chi connectivity index (χ1n) is 8.22. The second-order valence-corrected chi connectivity index (χ2v) is 7.24. The summed E-state index contributed by atoms with van der Waals surface area (Å²) in [5.41, 5.74) is -1.39. The second kappa shape index (κ2) is 10.5. The van der Waals surface area contributed by atoms with Gasteiger partial charge in [-0.2, -0.15) is 0 Å². The Balaban J connectivity index is 0.000000359. The molecule has 4 N–H and O–H groups in total. The molecule has 0 radical (unpaired) electrons. The van der Waals surface area contributed by atoms with Crippen LogP contribution in [-0.2, 0) is 15.0 Å². The van der Waals surface area contributed by atoms with Crippen molar-refractivity contribution in [2.75, 3.05) is 13.6 Å². The normalized spacial score (nSPS) is 20.8. The highest BCUT2D eigenvalue weighted by atomic mass is 35.5. The van der Waals surface area contributed by atoms with Gasteiger partial charge in [0.1, 0.15) is 10.5 Å². The standard InChI is InChI=1S/C12H10ClNO4S.C4H10N4O2/c1-6-7(9(15)16)3-2-4-12(6,10(17)18)8-5-14-11(13)19-8;1-3-6-4(5-2)7-8(9)10/h2-6H,1H3,(H,15,16)(H,17,18);3H2,1-2H3,(H2,5,6,7). The summed E-state index contributed by atoms with van der Waals surface area (Å²) in [4.78, 5) is 36.9. The molecule has 11 nitrogen and oxygen atoms in total. The predicted octanol–water partition coefficient (Wildman–Crippen LogP) is 1.70. The van der Waals surface area contributed by atoms with Gasteiger partial charge in [0.2, 0.25) is 0 Å². The molecule has 1 aliphatic rings. The van der Waals surface area contributed by atoms with Gasteiger partial charge in [-0.15, -0.1) is 11.3 Å². The van der Waals surface area contributed by atoms with E-state index in [0.717, 1.165) is 11.3 Å². The Hall–Kier alpha value is -2.99. The molecule has 2 atom stereocenters. The molecule has 0 bridgehead atoms. The topological polar surface area (TPSA) is 167 Å². The maximum absolute atomic E-state index is 11.7. The van der Waals surface area contributed by atoms with Gasteiger partial charge in [-0.05, 0) is 6.92 Å². The molecule has 13 heteroatoms. The molecule has 0 amide bonds. The molecule has 0 fully saturated rings. The highest BCUT2D eigenvalue weighted by Crippen LogP contribution is 2.43. The van der Waals surface area contributed by atoms with Crippen LogP contribution in [-0.4, -0.2) is 51.7 Å². The average molecular weight is 446 g/mol. The number of nitrogens with zero attached hydrogens (tertiary/aromatic N) is 3. The molecule has 2 rings (SSSR count). The van der Waals surface area contributed by atoms with E-state index in [9.17, 15) is 24.8 Å². The molecular weight excluding hydrogens is 426 g/mol. The third kappa shape index (κ3) is 5.74. The van der Waals surface area contributed by atoms with Gasteiger partial charge >= 0.3 is 11.9 Å². The Kier molecular flexibility index (Phi) is 8.73. The summed E-state index contributed by atoms with van der Waals surface area (Å²) in [6.07, 6.45) is 5.73. The third-order valence-corrected chi connectivity index (χ3v) is 5.30. The number of carboxylic acid groups (broad SMARTS) is 2. The van der Waals surface area contributed by atoms with Gasteiger partial charge in [0.25, 0.3) is 5.96 Å². The van der Waals surface area contributed by atoms with E-state index in [-0.39, 0.29) is 16.0 Å². The minimum atomic E-state index is -1.44. The number of guanidine groups is 1. The van der Waals surface area contributed by atoms with Gasteiger partial charge in [0.05, 0.1) is 0 Å². The number of carboxylic acids is 2. The number of aliphatic carboxylic acids is 2. The summed E-state index contributed by atoms with van der Waals surface area (Å²) in [5.74, 6) is -2.79. The number of thiazole rings is 1. The Labute approximate surface area is 174 Å². The maximum Gasteiger partial charge on any atom is 0.331 e. The van der Waals surface area contributed by atoms with Crippen molar-refractivity contribution in [2.45, 2.75) is 19.3 Å². The summed E-state index contributed by atoms with van der Waals surface area (Å²) < 4.78 is 0.225. The quantitative estimate of drug-likeness (QED) is 0.228. The van der Waals surface area contributed by atoms with Crippen molar-refractivity contribution < 1.29 is 24.8 Å². The van der Waals surface area contributed by atoms with E-state index in [1.807, 2.05) is 6.92 Å². The van der Waals surface area contributed by atoms with Crippen molar-refractivity contribution in [3.8, 4) is 0 Å². The number of nitrogens with one attached hydrogen (secondary N) is 2. The fourth-order valence-corrected chi connectivity index (χ4v) is 3.81. The van der Waals surface area contributed by atoms with Gasteiger partial charge in [0, 0.05) is 36.2 Å². The van der Waals surface area contributed by atoms with Crippen LogP contribution in [0.2, 0.25) is 4.47 Å². The molecule has 1 aromatic heterocycles. The van der Waals surface area contributed by atoms with Crippen molar-refractivity contribution in [3.05, 3.63) is 49.5 Å². The summed E-state index contributed by atoms with van der Waals surface area (Å²) in [5, 5.41) is 35.9. The fraction of sp³-hybridized carbons (Fsp3) is 0.375. The lowest BCUT2D eigenvalue weighted by atomic mass is 9.69. The average Bonchev–Trinajstić information content (AvgIpc) is 3.08. The summed E-state index contributed by atoms with van der Waals surface area (Å²) in [6, 6.07) is 0. The molecule has 2 unspecified atom stereocenters. The molecule has 0 spiro atoms. The lowest BCUT2D eigenvalue weighted by Crippen LogP contribution is -2.42. The zero-order valence-electron chi connectivity index (χ0n) is 15.7. The molecule has 0 aliphatic heterocycles. The monoisotopic (exact) mass is 445 g/mol. The van der Waals surface area contributed by atoms with Gasteiger partial charge in [-0.25, -0.2) is 19.9 Å². The van der Waals surface area contributed by atoms with Crippen molar-refractivity contribution in [2.24, 2.45) is 11.0 Å². The molecule has 1 heterocycles. The Bertz CT molecular complexity index is 868. The van der Waals surface area contributed by atoms with E-state index in [4.69, 9.17) is 16.7 Å². The van der Waals surface area contributed by atoms with E-state index in [2.05, 4.69) is 20.7 Å². The third-order valence-electron chi connectivity index (χ3n) is 4.03. The van der Waals surface area contributed by atoms with E-state index in [1.165, 1.54) is 24.4 Å². The Morgan fingerprint density at radius 3 is 2.55 bits per heavy atom. The zero-order valence-corrected chi connectivity index (χ0v) is 17.3. The first kappa shape index (κ1) is 24.0. The van der Waals surface area contributed by atoms with Crippen LogP contribution in [0.15, 0.2) is 35.1 Å². The molecule has 0 aromatic carbocycles. The molecule has 1 aliphatic carbocycles. The number of aromatic nitrogens is 1. The number of halogens is 1. The van der Waals surface area contributed by atoms with Crippen molar-refractivity contribution in [1.82, 2.24) is 15.6 Å². The predicted molar refractivity (Wildman–Crippen MR) is 108 cm³/mol. The summed E-state index contributed by atoms with van der Waals surface area (Å²) >= 11 is 6.79. The highest BCUT2D eigenvalue weighted by Gasteiger charge is 2.48. The maximum atomic E-state index is 11.7.